The fourth-order valence-corrected chi connectivity index (χ4v) is 11.2. The maximum Gasteiger partial charge on any atom is 0.0540 e. The fourth-order valence-electron chi connectivity index (χ4n) is 10.0. The van der Waals surface area contributed by atoms with Crippen LogP contribution < -0.4 is 4.90 Å². The van der Waals surface area contributed by atoms with Crippen molar-refractivity contribution in [2.75, 3.05) is 4.90 Å². The van der Waals surface area contributed by atoms with Crippen molar-refractivity contribution in [1.29, 1.82) is 0 Å². The Bertz CT molecular complexity index is 3430. The van der Waals surface area contributed by atoms with E-state index in [2.05, 4.69) is 235 Å². The van der Waals surface area contributed by atoms with E-state index in [0.29, 0.717) is 0 Å². The maximum atomic E-state index is 2.52. The summed E-state index contributed by atoms with van der Waals surface area (Å²) in [6.45, 7) is 0. The minimum atomic E-state index is 0.235. The molecule has 0 aliphatic heterocycles. The molecular weight excluding hydrogens is 779 g/mol. The van der Waals surface area contributed by atoms with E-state index >= 15 is 0 Å². The van der Waals surface area contributed by atoms with Crippen LogP contribution in [0.3, 0.4) is 0 Å². The lowest BCUT2D eigenvalue weighted by Gasteiger charge is -2.27. The predicted octanol–water partition coefficient (Wildman–Crippen LogP) is 17.4. The van der Waals surface area contributed by atoms with Gasteiger partial charge in [0.15, 0.2) is 0 Å². The molecule has 1 nitrogen and oxygen atoms in total. The van der Waals surface area contributed by atoms with Crippen LogP contribution in [0.25, 0.3) is 75.5 Å². The minimum Gasteiger partial charge on any atom is -0.310 e. The van der Waals surface area contributed by atoms with E-state index in [4.69, 9.17) is 0 Å². The van der Waals surface area contributed by atoms with E-state index in [1.165, 1.54) is 92.1 Å². The van der Waals surface area contributed by atoms with Crippen molar-refractivity contribution in [2.24, 2.45) is 0 Å². The van der Waals surface area contributed by atoms with Crippen molar-refractivity contribution in [3.05, 3.63) is 247 Å². The molecular formula is C61H43NS. The van der Waals surface area contributed by atoms with Gasteiger partial charge in [0.05, 0.1) is 5.69 Å². The van der Waals surface area contributed by atoms with Crippen molar-refractivity contribution in [3.8, 4) is 44.5 Å². The highest BCUT2D eigenvalue weighted by atomic mass is 32.1. The second kappa shape index (κ2) is 15.7. The van der Waals surface area contributed by atoms with Crippen LogP contribution in [0.5, 0.6) is 0 Å². The van der Waals surface area contributed by atoms with E-state index in [-0.39, 0.29) is 5.92 Å². The summed E-state index contributed by atoms with van der Waals surface area (Å²) in [6, 6.07) is 85.3. The average molecular weight is 822 g/mol. The SMILES string of the molecule is c1ccc(-c2ccc(N(c3ccc(-c4cc([C@H]5CCc6ccccc6-c6cc(-c7ccccc7)ccc65)cc5c4sc4ccccc45)cc3)c3cccc4ccccc34)cc2)cc1. The van der Waals surface area contributed by atoms with Gasteiger partial charge in [0, 0.05) is 42.9 Å². The highest BCUT2D eigenvalue weighted by Crippen LogP contribution is 2.48. The van der Waals surface area contributed by atoms with Crippen molar-refractivity contribution in [2.45, 2.75) is 18.8 Å². The molecule has 11 aromatic rings. The van der Waals surface area contributed by atoms with Gasteiger partial charge in [-0.2, -0.15) is 0 Å². The smallest absolute Gasteiger partial charge is 0.0540 e. The zero-order valence-corrected chi connectivity index (χ0v) is 35.6. The van der Waals surface area contributed by atoms with Crippen LogP contribution in [0.4, 0.5) is 17.1 Å². The third kappa shape index (κ3) is 6.72. The Morgan fingerprint density at radius 3 is 1.78 bits per heavy atom. The van der Waals surface area contributed by atoms with Crippen molar-refractivity contribution in [3.63, 3.8) is 0 Å². The number of nitrogens with zero attached hydrogens (tertiary/aromatic N) is 1. The predicted molar refractivity (Wildman–Crippen MR) is 270 cm³/mol. The minimum absolute atomic E-state index is 0.235. The lowest BCUT2D eigenvalue weighted by molar-refractivity contribution is 0.727. The average Bonchev–Trinajstić information content (AvgIpc) is 3.65. The summed E-state index contributed by atoms with van der Waals surface area (Å²) >= 11 is 1.91. The Balaban J connectivity index is 1.00. The Hall–Kier alpha value is -7.52. The maximum absolute atomic E-state index is 2.52. The molecule has 2 heteroatoms. The van der Waals surface area contributed by atoms with Crippen LogP contribution in [0.2, 0.25) is 0 Å². The van der Waals surface area contributed by atoms with Gasteiger partial charge in [-0.25, -0.2) is 0 Å². The second-order valence-electron chi connectivity index (χ2n) is 16.8. The van der Waals surface area contributed by atoms with Crippen molar-refractivity contribution >= 4 is 59.3 Å². The normalized spacial score (nSPS) is 13.4. The lowest BCUT2D eigenvalue weighted by atomic mass is 9.83. The molecule has 0 N–H and O–H groups in total. The summed E-state index contributed by atoms with van der Waals surface area (Å²) in [4.78, 5) is 2.41. The monoisotopic (exact) mass is 821 g/mol. The highest BCUT2D eigenvalue weighted by molar-refractivity contribution is 7.26. The third-order valence-electron chi connectivity index (χ3n) is 13.1. The third-order valence-corrected chi connectivity index (χ3v) is 14.3. The Labute approximate surface area is 372 Å². The first-order valence-corrected chi connectivity index (χ1v) is 22.8. The standard InChI is InChI=1S/C61H43NS/c1-3-14-41(15-4-1)43-26-32-49(33-27-43)62(59-24-13-20-44-18-8-10-22-53(44)59)50-34-28-46(29-35-50)56-39-48(40-58-55-23-11-12-25-60(55)63-61(56)58)52-36-30-45-19-7-9-21-51(45)57-38-47(31-37-54(52)57)42-16-5-2-6-17-42/h1-29,31-35,37-40,52H,30,36H2/t52-/m1/s1. The van der Waals surface area contributed by atoms with E-state index in [0.717, 1.165) is 29.9 Å². The molecule has 298 valence electrons. The van der Waals surface area contributed by atoms with Crippen LogP contribution in [0.1, 0.15) is 29.0 Å². The number of aryl methyl sites for hydroxylation is 1. The summed E-state index contributed by atoms with van der Waals surface area (Å²) in [7, 11) is 0. The Kier molecular flexibility index (Phi) is 9.31. The topological polar surface area (TPSA) is 3.24 Å². The number of thiophene rings is 1. The van der Waals surface area contributed by atoms with Gasteiger partial charge in [0.1, 0.15) is 0 Å². The number of anilines is 3. The van der Waals surface area contributed by atoms with Crippen LogP contribution in [-0.4, -0.2) is 0 Å². The number of hydrogen-bond donors (Lipinski definition) is 0. The largest absolute Gasteiger partial charge is 0.310 e. The first-order valence-electron chi connectivity index (χ1n) is 22.0. The van der Waals surface area contributed by atoms with Crippen LogP contribution in [-0.2, 0) is 6.42 Å². The Morgan fingerprint density at radius 2 is 1.00 bits per heavy atom. The first kappa shape index (κ1) is 37.3. The van der Waals surface area contributed by atoms with Gasteiger partial charge in [-0.15, -0.1) is 11.3 Å². The molecule has 1 atom stereocenters. The molecule has 0 saturated carbocycles. The number of benzene rings is 10. The molecule has 0 saturated heterocycles. The van der Waals surface area contributed by atoms with E-state index in [1.807, 2.05) is 11.3 Å². The van der Waals surface area contributed by atoms with Gasteiger partial charge >= 0.3 is 0 Å². The van der Waals surface area contributed by atoms with Crippen LogP contribution in [0, 0.1) is 0 Å². The molecule has 1 aliphatic rings. The van der Waals surface area contributed by atoms with Crippen LogP contribution in [0.15, 0.2) is 231 Å². The summed E-state index contributed by atoms with van der Waals surface area (Å²) in [5, 5.41) is 5.11. The van der Waals surface area contributed by atoms with Gasteiger partial charge in [-0.05, 0) is 134 Å². The van der Waals surface area contributed by atoms with E-state index in [9.17, 15) is 0 Å². The zero-order chi connectivity index (χ0) is 41.7. The van der Waals surface area contributed by atoms with Crippen LogP contribution >= 0.6 is 11.3 Å². The molecule has 1 heterocycles. The van der Waals surface area contributed by atoms with Crippen molar-refractivity contribution < 1.29 is 0 Å². The zero-order valence-electron chi connectivity index (χ0n) is 34.8. The molecule has 12 rings (SSSR count). The lowest BCUT2D eigenvalue weighted by Crippen LogP contribution is -2.10. The molecule has 0 unspecified atom stereocenters. The molecule has 63 heavy (non-hydrogen) atoms. The van der Waals surface area contributed by atoms with Gasteiger partial charge in [-0.3, -0.25) is 0 Å². The van der Waals surface area contributed by atoms with Gasteiger partial charge in [0.25, 0.3) is 0 Å². The fraction of sp³-hybridized carbons (Fsp3) is 0.0492. The summed E-state index contributed by atoms with van der Waals surface area (Å²) in [6.07, 6.45) is 2.07. The summed E-state index contributed by atoms with van der Waals surface area (Å²) < 4.78 is 2.66. The second-order valence-corrected chi connectivity index (χ2v) is 17.8. The Morgan fingerprint density at radius 1 is 0.397 bits per heavy atom. The number of fused-ring (bicyclic) bond motifs is 7. The summed E-state index contributed by atoms with van der Waals surface area (Å²) in [5.41, 5.74) is 17.8. The summed E-state index contributed by atoms with van der Waals surface area (Å²) in [5.74, 6) is 0.235. The van der Waals surface area contributed by atoms with Crippen molar-refractivity contribution in [1.82, 2.24) is 0 Å². The molecule has 1 aromatic heterocycles. The van der Waals surface area contributed by atoms with E-state index < -0.39 is 0 Å². The molecule has 1 aliphatic carbocycles. The molecule has 0 bridgehead atoms. The molecule has 10 aromatic carbocycles. The van der Waals surface area contributed by atoms with E-state index in [1.54, 1.807) is 0 Å². The molecule has 0 radical (unpaired) electrons. The highest BCUT2D eigenvalue weighted by Gasteiger charge is 2.26. The van der Waals surface area contributed by atoms with Gasteiger partial charge in [0.2, 0.25) is 0 Å². The number of hydrogen-bond acceptors (Lipinski definition) is 2. The van der Waals surface area contributed by atoms with Gasteiger partial charge < -0.3 is 4.90 Å². The van der Waals surface area contributed by atoms with Gasteiger partial charge in [-0.1, -0.05) is 176 Å². The molecule has 0 fully saturated rings. The number of rotatable bonds is 7. The molecule has 0 spiro atoms. The molecule has 0 amide bonds. The quantitative estimate of drug-likeness (QED) is 0.155. The first-order chi connectivity index (χ1) is 31.2.